The van der Waals surface area contributed by atoms with Crippen molar-refractivity contribution in [1.29, 1.82) is 0 Å². The molecule has 6 heteroatoms. The maximum absolute atomic E-state index is 12.1. The molecule has 0 spiro atoms. The molecule has 19 heavy (non-hydrogen) atoms. The molecule has 1 aliphatic heterocycles. The van der Waals surface area contributed by atoms with Gasteiger partial charge in [0.15, 0.2) is 0 Å². The summed E-state index contributed by atoms with van der Waals surface area (Å²) in [6.45, 7) is 3.54. The summed E-state index contributed by atoms with van der Waals surface area (Å²) in [7, 11) is 0. The quantitative estimate of drug-likeness (QED) is 0.853. The minimum Gasteiger partial charge on any atom is -0.478 e. The summed E-state index contributed by atoms with van der Waals surface area (Å²) in [6.07, 6.45) is 3.47. The Balaban J connectivity index is 1.96. The zero-order chi connectivity index (χ0) is 13.8. The van der Waals surface area contributed by atoms with E-state index in [1.165, 1.54) is 24.0 Å². The molecule has 0 saturated carbocycles. The number of aromatic carboxylic acids is 1. The van der Waals surface area contributed by atoms with Gasteiger partial charge in [0.25, 0.3) is 0 Å². The molecule has 1 amide bonds. The van der Waals surface area contributed by atoms with Gasteiger partial charge < -0.3 is 10.0 Å². The number of carboxylic acid groups (broad SMARTS) is 1. The number of carbonyl (C=O) groups excluding carboxylic acids is 1. The fourth-order valence-corrected chi connectivity index (χ4v) is 2.87. The lowest BCUT2D eigenvalue weighted by Crippen LogP contribution is -2.34. The fraction of sp³-hybridized carbons (Fsp3) is 0.462. The van der Waals surface area contributed by atoms with Crippen LogP contribution in [0.25, 0.3) is 0 Å². The second-order valence-corrected chi connectivity index (χ2v) is 5.84. The van der Waals surface area contributed by atoms with E-state index in [2.05, 4.69) is 4.98 Å². The summed E-state index contributed by atoms with van der Waals surface area (Å²) in [5.74, 6) is -0.864. The van der Waals surface area contributed by atoms with E-state index in [1.807, 2.05) is 11.8 Å². The maximum Gasteiger partial charge on any atom is 0.337 e. The Morgan fingerprint density at radius 1 is 1.37 bits per heavy atom. The third kappa shape index (κ3) is 3.47. The van der Waals surface area contributed by atoms with Gasteiger partial charge in [-0.2, -0.15) is 0 Å². The summed E-state index contributed by atoms with van der Waals surface area (Å²) in [4.78, 5) is 28.8. The van der Waals surface area contributed by atoms with Crippen LogP contribution < -0.4 is 0 Å². The second kappa shape index (κ2) is 6.06. The number of hydrogen-bond acceptors (Lipinski definition) is 4. The first-order chi connectivity index (χ1) is 9.08. The SMILES string of the molecule is CC(Sc1ccc(C(=O)O)cn1)C(=O)N1CCCC1. The maximum atomic E-state index is 12.1. The molecule has 5 nitrogen and oxygen atoms in total. The van der Waals surface area contributed by atoms with Crippen LogP contribution in [-0.2, 0) is 4.79 Å². The summed E-state index contributed by atoms with van der Waals surface area (Å²) in [5, 5.41) is 9.26. The van der Waals surface area contributed by atoms with E-state index in [-0.39, 0.29) is 16.7 Å². The lowest BCUT2D eigenvalue weighted by atomic mass is 10.3. The van der Waals surface area contributed by atoms with Gasteiger partial charge in [-0.1, -0.05) is 11.8 Å². The van der Waals surface area contributed by atoms with Gasteiger partial charge in [0, 0.05) is 19.3 Å². The molecule has 1 N–H and O–H groups in total. The Bertz CT molecular complexity index is 469. The minimum atomic E-state index is -0.995. The molecule has 0 aliphatic carbocycles. The molecular formula is C13H16N2O3S. The number of pyridine rings is 1. The molecule has 0 radical (unpaired) electrons. The van der Waals surface area contributed by atoms with Gasteiger partial charge in [0.1, 0.15) is 0 Å². The number of aromatic nitrogens is 1. The lowest BCUT2D eigenvalue weighted by molar-refractivity contribution is -0.129. The van der Waals surface area contributed by atoms with Crippen molar-refractivity contribution >= 4 is 23.6 Å². The highest BCUT2D eigenvalue weighted by Crippen LogP contribution is 2.24. The molecule has 1 fully saturated rings. The molecule has 2 rings (SSSR count). The van der Waals surface area contributed by atoms with Crippen molar-refractivity contribution in [2.75, 3.05) is 13.1 Å². The van der Waals surface area contributed by atoms with Crippen molar-refractivity contribution < 1.29 is 14.7 Å². The fourth-order valence-electron chi connectivity index (χ4n) is 2.00. The predicted octanol–water partition coefficient (Wildman–Crippen LogP) is 1.88. The van der Waals surface area contributed by atoms with Crippen LogP contribution in [0.15, 0.2) is 23.4 Å². The lowest BCUT2D eigenvalue weighted by Gasteiger charge is -2.19. The number of rotatable bonds is 4. The van der Waals surface area contributed by atoms with Crippen LogP contribution in [0.5, 0.6) is 0 Å². The van der Waals surface area contributed by atoms with Gasteiger partial charge >= 0.3 is 5.97 Å². The molecule has 1 aliphatic rings. The average molecular weight is 280 g/mol. The smallest absolute Gasteiger partial charge is 0.337 e. The van der Waals surface area contributed by atoms with Crippen molar-refractivity contribution in [3.05, 3.63) is 23.9 Å². The number of thioether (sulfide) groups is 1. The highest BCUT2D eigenvalue weighted by molar-refractivity contribution is 8.00. The molecular weight excluding hydrogens is 264 g/mol. The number of nitrogens with zero attached hydrogens (tertiary/aromatic N) is 2. The van der Waals surface area contributed by atoms with Crippen molar-refractivity contribution in [1.82, 2.24) is 9.88 Å². The first-order valence-electron chi connectivity index (χ1n) is 6.22. The molecule has 0 aromatic carbocycles. The van der Waals surface area contributed by atoms with E-state index in [9.17, 15) is 9.59 Å². The Labute approximate surface area is 116 Å². The van der Waals surface area contributed by atoms with E-state index in [4.69, 9.17) is 5.11 Å². The Hall–Kier alpha value is -1.56. The number of carbonyl (C=O) groups is 2. The molecule has 1 unspecified atom stereocenters. The largest absolute Gasteiger partial charge is 0.478 e. The van der Waals surface area contributed by atoms with Gasteiger partial charge in [0.05, 0.1) is 15.8 Å². The molecule has 1 aromatic heterocycles. The van der Waals surface area contributed by atoms with Crippen LogP contribution in [0.3, 0.4) is 0 Å². The average Bonchev–Trinajstić information content (AvgIpc) is 2.92. The number of hydrogen-bond donors (Lipinski definition) is 1. The Kier molecular flexibility index (Phi) is 4.42. The van der Waals surface area contributed by atoms with E-state index >= 15 is 0 Å². The van der Waals surface area contributed by atoms with Crippen LogP contribution in [-0.4, -0.2) is 45.2 Å². The Morgan fingerprint density at radius 2 is 2.05 bits per heavy atom. The minimum absolute atomic E-state index is 0.131. The molecule has 1 aromatic rings. The van der Waals surface area contributed by atoms with Gasteiger partial charge in [-0.3, -0.25) is 4.79 Å². The summed E-state index contributed by atoms with van der Waals surface area (Å²) in [5.41, 5.74) is 0.155. The number of carboxylic acids is 1. The molecule has 0 bridgehead atoms. The van der Waals surface area contributed by atoms with Gasteiger partial charge in [0.2, 0.25) is 5.91 Å². The Morgan fingerprint density at radius 3 is 2.58 bits per heavy atom. The van der Waals surface area contributed by atoms with Crippen molar-refractivity contribution in [2.45, 2.75) is 30.0 Å². The predicted molar refractivity (Wildman–Crippen MR) is 72.3 cm³/mol. The summed E-state index contributed by atoms with van der Waals surface area (Å²) in [6, 6.07) is 3.15. The first-order valence-corrected chi connectivity index (χ1v) is 7.10. The van der Waals surface area contributed by atoms with E-state index in [0.717, 1.165) is 25.9 Å². The van der Waals surface area contributed by atoms with E-state index < -0.39 is 5.97 Å². The summed E-state index contributed by atoms with van der Waals surface area (Å²) < 4.78 is 0. The number of amides is 1. The van der Waals surface area contributed by atoms with Crippen LogP contribution >= 0.6 is 11.8 Å². The molecule has 102 valence electrons. The summed E-state index contributed by atoms with van der Waals surface area (Å²) >= 11 is 1.36. The van der Waals surface area contributed by atoms with Crippen molar-refractivity contribution in [3.8, 4) is 0 Å². The zero-order valence-corrected chi connectivity index (χ0v) is 11.5. The molecule has 2 heterocycles. The van der Waals surface area contributed by atoms with Crippen LogP contribution in [0.1, 0.15) is 30.1 Å². The van der Waals surface area contributed by atoms with Gasteiger partial charge in [-0.15, -0.1) is 0 Å². The topological polar surface area (TPSA) is 70.5 Å². The number of likely N-dealkylation sites (tertiary alicyclic amines) is 1. The highest BCUT2D eigenvalue weighted by Gasteiger charge is 2.24. The standard InChI is InChI=1S/C13H16N2O3S/c1-9(12(16)15-6-2-3-7-15)19-11-5-4-10(8-14-11)13(17)18/h4-5,8-9H,2-3,6-7H2,1H3,(H,17,18). The third-order valence-electron chi connectivity index (χ3n) is 3.05. The van der Waals surface area contributed by atoms with Crippen LogP contribution in [0, 0.1) is 0 Å². The van der Waals surface area contributed by atoms with Gasteiger partial charge in [-0.25, -0.2) is 9.78 Å². The monoisotopic (exact) mass is 280 g/mol. The van der Waals surface area contributed by atoms with Crippen molar-refractivity contribution in [3.63, 3.8) is 0 Å². The van der Waals surface area contributed by atoms with Gasteiger partial charge in [-0.05, 0) is 31.9 Å². The molecule has 1 saturated heterocycles. The van der Waals surface area contributed by atoms with Crippen molar-refractivity contribution in [2.24, 2.45) is 0 Å². The van der Waals surface area contributed by atoms with Crippen LogP contribution in [0.4, 0.5) is 0 Å². The van der Waals surface area contributed by atoms with E-state index in [1.54, 1.807) is 6.07 Å². The highest BCUT2D eigenvalue weighted by atomic mass is 32.2. The first kappa shape index (κ1) is 13.9. The zero-order valence-electron chi connectivity index (χ0n) is 10.7. The normalized spacial score (nSPS) is 16.4. The van der Waals surface area contributed by atoms with E-state index in [0.29, 0.717) is 5.03 Å². The van der Waals surface area contributed by atoms with Crippen LogP contribution in [0.2, 0.25) is 0 Å². The second-order valence-electron chi connectivity index (χ2n) is 4.48. The third-order valence-corrected chi connectivity index (χ3v) is 4.08. The molecule has 1 atom stereocenters.